The molecule has 0 amide bonds. The molecule has 33 heavy (non-hydrogen) atoms. The number of nitrogens with zero attached hydrogens (tertiary/aromatic N) is 1. The molecule has 0 saturated carbocycles. The summed E-state index contributed by atoms with van der Waals surface area (Å²) in [7, 11) is -7.73. The fourth-order valence-electron chi connectivity index (χ4n) is 3.08. The number of furan rings is 1. The van der Waals surface area contributed by atoms with E-state index in [1.807, 2.05) is 0 Å². The van der Waals surface area contributed by atoms with Crippen LogP contribution < -0.4 is 4.72 Å². The van der Waals surface area contributed by atoms with Gasteiger partial charge in [-0.15, -0.1) is 0 Å². The zero-order valence-electron chi connectivity index (χ0n) is 16.9. The van der Waals surface area contributed by atoms with E-state index in [2.05, 4.69) is 14.4 Å². The molecule has 0 saturated heterocycles. The van der Waals surface area contributed by atoms with Crippen LogP contribution in [-0.2, 0) is 24.6 Å². The highest BCUT2D eigenvalue weighted by molar-refractivity contribution is 7.93. The van der Waals surface area contributed by atoms with Crippen molar-refractivity contribution in [1.82, 2.24) is 4.98 Å². The van der Waals surface area contributed by atoms with Crippen LogP contribution in [0.3, 0.4) is 0 Å². The predicted octanol–water partition coefficient (Wildman–Crippen LogP) is 3.90. The lowest BCUT2D eigenvalue weighted by Gasteiger charge is -2.13. The molecule has 2 aromatic carbocycles. The summed E-state index contributed by atoms with van der Waals surface area (Å²) in [4.78, 5) is 15.5. The molecule has 0 radical (unpaired) electrons. The zero-order valence-corrected chi connectivity index (χ0v) is 19.2. The van der Waals surface area contributed by atoms with Crippen molar-refractivity contribution >= 4 is 54.1 Å². The van der Waals surface area contributed by atoms with Crippen molar-refractivity contribution in [2.45, 2.75) is 15.0 Å². The maximum atomic E-state index is 13.4. The normalized spacial score (nSPS) is 11.9. The number of methoxy groups -OCH3 is 1. The quantitative estimate of drug-likeness (QED) is 0.389. The summed E-state index contributed by atoms with van der Waals surface area (Å²) < 4.78 is 65.0. The van der Waals surface area contributed by atoms with Crippen LogP contribution >= 0.6 is 11.6 Å². The first-order valence-electron chi connectivity index (χ1n) is 9.23. The SMILES string of the molecule is COC(=O)c1ccccc1S(=O)(=O)c1ncc(Cl)cc1NS(=O)(=O)c1cc2ccccc2o1. The number of carbonyl (C=O) groups is 1. The van der Waals surface area contributed by atoms with E-state index in [1.165, 1.54) is 30.3 Å². The molecule has 9 nitrogen and oxygen atoms in total. The molecule has 0 aliphatic carbocycles. The first-order valence-corrected chi connectivity index (χ1v) is 12.6. The molecule has 0 fully saturated rings. The number of fused-ring (bicyclic) bond motifs is 1. The van der Waals surface area contributed by atoms with Crippen molar-refractivity contribution in [2.24, 2.45) is 0 Å². The van der Waals surface area contributed by atoms with Crippen LogP contribution in [0, 0.1) is 0 Å². The summed E-state index contributed by atoms with van der Waals surface area (Å²) in [6.07, 6.45) is 1.05. The minimum atomic E-state index is -4.48. The third kappa shape index (κ3) is 4.30. The van der Waals surface area contributed by atoms with Crippen molar-refractivity contribution < 1.29 is 30.8 Å². The molecule has 170 valence electrons. The fraction of sp³-hybridized carbons (Fsp3) is 0.0476. The number of sulfone groups is 1. The maximum Gasteiger partial charge on any atom is 0.339 e. The third-order valence-electron chi connectivity index (χ3n) is 4.57. The Bertz CT molecular complexity index is 1560. The standard InChI is InChI=1S/C21H15ClN2O7S2/c1-30-21(25)15-7-3-5-9-18(15)32(26,27)20-16(11-14(22)12-23-20)24-33(28,29)19-10-13-6-2-4-8-17(13)31-19/h2-12,24H,1H3. The minimum absolute atomic E-state index is 0.0162. The smallest absolute Gasteiger partial charge is 0.339 e. The van der Waals surface area contributed by atoms with Gasteiger partial charge in [0.2, 0.25) is 14.9 Å². The third-order valence-corrected chi connectivity index (χ3v) is 7.76. The molecule has 4 aromatic rings. The molecule has 0 aliphatic heterocycles. The monoisotopic (exact) mass is 506 g/mol. The molecule has 0 spiro atoms. The van der Waals surface area contributed by atoms with E-state index < -0.39 is 46.5 Å². The number of pyridine rings is 1. The summed E-state index contributed by atoms with van der Waals surface area (Å²) in [6, 6.07) is 14.4. The summed E-state index contributed by atoms with van der Waals surface area (Å²) in [5.74, 6) is -0.882. The number of aromatic nitrogens is 1. The molecule has 2 heterocycles. The number of hydrogen-bond donors (Lipinski definition) is 1. The van der Waals surface area contributed by atoms with Crippen LogP contribution in [0.25, 0.3) is 11.0 Å². The molecule has 4 rings (SSSR count). The number of nitrogens with one attached hydrogen (secondary N) is 1. The Labute approximate surface area is 193 Å². The van der Waals surface area contributed by atoms with E-state index in [0.717, 1.165) is 19.4 Å². The van der Waals surface area contributed by atoms with Gasteiger partial charge < -0.3 is 9.15 Å². The first kappa shape index (κ1) is 22.8. The Morgan fingerprint density at radius 2 is 1.73 bits per heavy atom. The molecule has 0 unspecified atom stereocenters. The highest BCUT2D eigenvalue weighted by Gasteiger charge is 2.31. The number of rotatable bonds is 6. The van der Waals surface area contributed by atoms with Gasteiger partial charge >= 0.3 is 5.97 Å². The highest BCUT2D eigenvalue weighted by atomic mass is 35.5. The second-order valence-corrected chi connectivity index (χ2v) is 10.6. The molecule has 1 N–H and O–H groups in total. The lowest BCUT2D eigenvalue weighted by Crippen LogP contribution is -2.17. The van der Waals surface area contributed by atoms with Crippen LogP contribution in [0.1, 0.15) is 10.4 Å². The molecule has 12 heteroatoms. The molecule has 0 aliphatic rings. The Morgan fingerprint density at radius 1 is 1.03 bits per heavy atom. The topological polar surface area (TPSA) is 133 Å². The highest BCUT2D eigenvalue weighted by Crippen LogP contribution is 2.32. The van der Waals surface area contributed by atoms with Gasteiger partial charge in [0.1, 0.15) is 5.58 Å². The van der Waals surface area contributed by atoms with Gasteiger partial charge in [-0.1, -0.05) is 41.9 Å². The van der Waals surface area contributed by atoms with Gasteiger partial charge in [0.25, 0.3) is 10.0 Å². The summed E-state index contributed by atoms with van der Waals surface area (Å²) in [5.41, 5.74) is -0.313. The lowest BCUT2D eigenvalue weighted by atomic mass is 10.2. The van der Waals surface area contributed by atoms with Crippen LogP contribution in [0.2, 0.25) is 5.02 Å². The number of hydrogen-bond acceptors (Lipinski definition) is 8. The summed E-state index contributed by atoms with van der Waals surface area (Å²) in [5, 5.41) is -0.552. The van der Waals surface area contributed by atoms with E-state index in [1.54, 1.807) is 24.3 Å². The summed E-state index contributed by atoms with van der Waals surface area (Å²) in [6.45, 7) is 0. The largest absolute Gasteiger partial charge is 0.465 e. The Kier molecular flexibility index (Phi) is 5.87. The van der Waals surface area contributed by atoms with Crippen molar-refractivity contribution in [2.75, 3.05) is 11.8 Å². The first-order chi connectivity index (χ1) is 15.6. The number of carbonyl (C=O) groups excluding carboxylic acids is 1. The maximum absolute atomic E-state index is 13.4. The van der Waals surface area contributed by atoms with Crippen molar-refractivity contribution in [3.05, 3.63) is 77.4 Å². The average molecular weight is 507 g/mol. The van der Waals surface area contributed by atoms with Crippen LogP contribution in [-0.4, -0.2) is 34.9 Å². The van der Waals surface area contributed by atoms with Gasteiger partial charge in [-0.25, -0.2) is 18.2 Å². The number of sulfonamides is 1. The predicted molar refractivity (Wildman–Crippen MR) is 120 cm³/mol. The zero-order chi connectivity index (χ0) is 23.8. The number of benzene rings is 2. The van der Waals surface area contributed by atoms with E-state index in [0.29, 0.717) is 11.0 Å². The Balaban J connectivity index is 1.83. The molecule has 0 bridgehead atoms. The second-order valence-electron chi connectivity index (χ2n) is 6.71. The van der Waals surface area contributed by atoms with E-state index in [9.17, 15) is 21.6 Å². The second kappa shape index (κ2) is 8.50. The van der Waals surface area contributed by atoms with Gasteiger partial charge in [0.05, 0.1) is 28.3 Å². The van der Waals surface area contributed by atoms with Gasteiger partial charge in [0.15, 0.2) is 5.03 Å². The number of para-hydroxylation sites is 1. The van der Waals surface area contributed by atoms with Crippen molar-refractivity contribution in [1.29, 1.82) is 0 Å². The molecule has 2 aromatic heterocycles. The van der Waals surface area contributed by atoms with E-state index in [4.69, 9.17) is 16.0 Å². The average Bonchev–Trinajstić information content (AvgIpc) is 3.24. The van der Waals surface area contributed by atoms with Crippen LogP contribution in [0.5, 0.6) is 0 Å². The number of esters is 1. The van der Waals surface area contributed by atoms with E-state index in [-0.39, 0.29) is 10.6 Å². The Morgan fingerprint density at radius 3 is 2.45 bits per heavy atom. The van der Waals surface area contributed by atoms with E-state index >= 15 is 0 Å². The number of ether oxygens (including phenoxy) is 1. The van der Waals surface area contributed by atoms with Crippen molar-refractivity contribution in [3.63, 3.8) is 0 Å². The van der Waals surface area contributed by atoms with Gasteiger partial charge in [-0.2, -0.15) is 8.42 Å². The minimum Gasteiger partial charge on any atom is -0.465 e. The van der Waals surface area contributed by atoms with Gasteiger partial charge in [-0.05, 0) is 24.3 Å². The van der Waals surface area contributed by atoms with Gasteiger partial charge in [-0.3, -0.25) is 4.72 Å². The Hall–Kier alpha value is -3.41. The molecular formula is C21H15ClN2O7S2. The molecule has 0 atom stereocenters. The fourth-order valence-corrected chi connectivity index (χ4v) is 5.83. The van der Waals surface area contributed by atoms with Crippen molar-refractivity contribution in [3.8, 4) is 0 Å². The summed E-state index contributed by atoms with van der Waals surface area (Å²) >= 11 is 5.97. The van der Waals surface area contributed by atoms with Crippen LogP contribution in [0.4, 0.5) is 5.69 Å². The lowest BCUT2D eigenvalue weighted by molar-refractivity contribution is 0.0596. The number of halogens is 1. The van der Waals surface area contributed by atoms with Crippen LogP contribution in [0.15, 0.2) is 86.3 Å². The molecular weight excluding hydrogens is 492 g/mol. The number of anilines is 1. The van der Waals surface area contributed by atoms with Gasteiger partial charge in [0, 0.05) is 17.6 Å².